The molecule has 0 saturated carbocycles. The van der Waals surface area contributed by atoms with E-state index >= 15 is 0 Å². The standard InChI is InChI=1S/C16H11BrS2/c17-13-4-2-6-15-12(13)9-16(19-15)10-3-1-5-14-11(10)7-8-18-14/h1-8,16H,9H2. The molecule has 4 rings (SSSR count). The number of rotatable bonds is 1. The molecule has 1 aromatic heterocycles. The normalized spacial score (nSPS) is 17.8. The van der Waals surface area contributed by atoms with E-state index < -0.39 is 0 Å². The van der Waals surface area contributed by atoms with E-state index in [4.69, 9.17) is 0 Å². The smallest absolute Gasteiger partial charge is 0.0392 e. The van der Waals surface area contributed by atoms with Crippen molar-refractivity contribution in [3.8, 4) is 0 Å². The van der Waals surface area contributed by atoms with Crippen LogP contribution < -0.4 is 0 Å². The highest BCUT2D eigenvalue weighted by atomic mass is 79.9. The number of thioether (sulfide) groups is 1. The Morgan fingerprint density at radius 2 is 1.95 bits per heavy atom. The van der Waals surface area contributed by atoms with Gasteiger partial charge in [0.1, 0.15) is 0 Å². The largest absolute Gasteiger partial charge is 0.144 e. The Bertz CT molecular complexity index is 760. The predicted octanol–water partition coefficient (Wildman–Crippen LogP) is 6.05. The molecule has 1 aliphatic heterocycles. The lowest BCUT2D eigenvalue weighted by molar-refractivity contribution is 0.952. The Morgan fingerprint density at radius 3 is 2.84 bits per heavy atom. The van der Waals surface area contributed by atoms with Crippen LogP contribution in [0, 0.1) is 0 Å². The highest BCUT2D eigenvalue weighted by Crippen LogP contribution is 2.50. The van der Waals surface area contributed by atoms with Crippen molar-refractivity contribution in [2.75, 3.05) is 0 Å². The summed E-state index contributed by atoms with van der Waals surface area (Å²) in [6.07, 6.45) is 1.12. The Labute approximate surface area is 129 Å². The molecule has 2 heterocycles. The van der Waals surface area contributed by atoms with Gasteiger partial charge in [0.05, 0.1) is 0 Å². The second-order valence-corrected chi connectivity index (χ2v) is 7.75. The van der Waals surface area contributed by atoms with Gasteiger partial charge in [0.25, 0.3) is 0 Å². The summed E-state index contributed by atoms with van der Waals surface area (Å²) in [5.74, 6) is 0. The van der Waals surface area contributed by atoms with Crippen LogP contribution in [0.4, 0.5) is 0 Å². The highest BCUT2D eigenvalue weighted by molar-refractivity contribution is 9.10. The monoisotopic (exact) mass is 346 g/mol. The number of hydrogen-bond acceptors (Lipinski definition) is 2. The first-order valence-electron chi connectivity index (χ1n) is 6.23. The fourth-order valence-corrected chi connectivity index (χ4v) is 5.56. The van der Waals surface area contributed by atoms with Gasteiger partial charge >= 0.3 is 0 Å². The first-order valence-corrected chi connectivity index (χ1v) is 8.78. The Morgan fingerprint density at radius 1 is 1.05 bits per heavy atom. The van der Waals surface area contributed by atoms with Crippen molar-refractivity contribution >= 4 is 49.1 Å². The van der Waals surface area contributed by atoms with E-state index in [9.17, 15) is 0 Å². The lowest BCUT2D eigenvalue weighted by Gasteiger charge is -2.10. The molecular formula is C16H11BrS2. The summed E-state index contributed by atoms with van der Waals surface area (Å²) < 4.78 is 2.64. The van der Waals surface area contributed by atoms with E-state index in [2.05, 4.69) is 63.8 Å². The first kappa shape index (κ1) is 12.0. The number of hydrogen-bond donors (Lipinski definition) is 0. The fraction of sp³-hybridized carbons (Fsp3) is 0.125. The van der Waals surface area contributed by atoms with Crippen LogP contribution in [0.5, 0.6) is 0 Å². The molecule has 2 aromatic carbocycles. The van der Waals surface area contributed by atoms with Gasteiger partial charge in [0.15, 0.2) is 0 Å². The van der Waals surface area contributed by atoms with Gasteiger partial charge < -0.3 is 0 Å². The van der Waals surface area contributed by atoms with Gasteiger partial charge in [-0.3, -0.25) is 0 Å². The summed E-state index contributed by atoms with van der Waals surface area (Å²) in [7, 11) is 0. The summed E-state index contributed by atoms with van der Waals surface area (Å²) in [4.78, 5) is 1.42. The van der Waals surface area contributed by atoms with E-state index in [1.54, 1.807) is 0 Å². The van der Waals surface area contributed by atoms with Gasteiger partial charge in [-0.15, -0.1) is 23.1 Å². The predicted molar refractivity (Wildman–Crippen MR) is 88.3 cm³/mol. The minimum atomic E-state index is 0.548. The van der Waals surface area contributed by atoms with Gasteiger partial charge in [-0.25, -0.2) is 0 Å². The summed E-state index contributed by atoms with van der Waals surface area (Å²) in [5.41, 5.74) is 2.94. The molecule has 0 nitrogen and oxygen atoms in total. The van der Waals surface area contributed by atoms with Crippen molar-refractivity contribution < 1.29 is 0 Å². The first-order chi connectivity index (χ1) is 9.33. The number of halogens is 1. The second kappa shape index (κ2) is 4.65. The fourth-order valence-electron chi connectivity index (χ4n) is 2.70. The number of fused-ring (bicyclic) bond motifs is 2. The van der Waals surface area contributed by atoms with Crippen molar-refractivity contribution in [1.29, 1.82) is 0 Å². The Balaban J connectivity index is 1.80. The molecule has 0 spiro atoms. The van der Waals surface area contributed by atoms with Gasteiger partial charge in [-0.05, 0) is 52.6 Å². The van der Waals surface area contributed by atoms with Gasteiger partial charge in [-0.1, -0.05) is 34.1 Å². The minimum absolute atomic E-state index is 0.548. The molecule has 3 heteroatoms. The van der Waals surface area contributed by atoms with E-state index in [1.165, 1.54) is 30.6 Å². The molecule has 0 fully saturated rings. The van der Waals surface area contributed by atoms with E-state index in [0.717, 1.165) is 6.42 Å². The zero-order valence-electron chi connectivity index (χ0n) is 10.1. The van der Waals surface area contributed by atoms with Crippen LogP contribution in [-0.2, 0) is 6.42 Å². The lowest BCUT2D eigenvalue weighted by Crippen LogP contribution is -1.93. The molecule has 1 unspecified atom stereocenters. The molecule has 19 heavy (non-hydrogen) atoms. The SMILES string of the molecule is Brc1cccc2c1CC(c1cccc3sccc13)S2. The summed E-state index contributed by atoms with van der Waals surface area (Å²) in [6, 6.07) is 15.5. The third kappa shape index (κ3) is 1.95. The zero-order valence-corrected chi connectivity index (χ0v) is 13.3. The second-order valence-electron chi connectivity index (χ2n) is 4.71. The zero-order chi connectivity index (χ0) is 12.8. The van der Waals surface area contributed by atoms with Crippen molar-refractivity contribution in [3.63, 3.8) is 0 Å². The highest BCUT2D eigenvalue weighted by Gasteiger charge is 2.26. The van der Waals surface area contributed by atoms with E-state index in [-0.39, 0.29) is 0 Å². The number of benzene rings is 2. The number of thiophene rings is 1. The molecule has 0 amide bonds. The van der Waals surface area contributed by atoms with Crippen molar-refractivity contribution in [3.05, 3.63) is 63.4 Å². The van der Waals surface area contributed by atoms with Crippen LogP contribution >= 0.6 is 39.0 Å². The van der Waals surface area contributed by atoms with Gasteiger partial charge in [0, 0.05) is 19.3 Å². The topological polar surface area (TPSA) is 0 Å². The molecule has 1 atom stereocenters. The third-order valence-corrected chi connectivity index (χ3v) is 6.58. The molecule has 1 aliphatic rings. The van der Waals surface area contributed by atoms with Crippen LogP contribution in [0.3, 0.4) is 0 Å². The summed E-state index contributed by atoms with van der Waals surface area (Å²) in [5, 5.41) is 4.16. The summed E-state index contributed by atoms with van der Waals surface area (Å²) in [6.45, 7) is 0. The molecule has 0 saturated heterocycles. The molecule has 0 bridgehead atoms. The van der Waals surface area contributed by atoms with Crippen LogP contribution in [-0.4, -0.2) is 0 Å². The maximum Gasteiger partial charge on any atom is 0.0392 e. The molecule has 94 valence electrons. The van der Waals surface area contributed by atoms with Crippen LogP contribution in [0.2, 0.25) is 0 Å². The quantitative estimate of drug-likeness (QED) is 0.516. The molecule has 0 aliphatic carbocycles. The van der Waals surface area contributed by atoms with Gasteiger partial charge in [-0.2, -0.15) is 0 Å². The third-order valence-electron chi connectivity index (χ3n) is 3.61. The van der Waals surface area contributed by atoms with Crippen LogP contribution in [0.15, 0.2) is 57.2 Å². The van der Waals surface area contributed by atoms with Crippen LogP contribution in [0.1, 0.15) is 16.4 Å². The van der Waals surface area contributed by atoms with E-state index in [1.807, 2.05) is 23.1 Å². The van der Waals surface area contributed by atoms with E-state index in [0.29, 0.717) is 5.25 Å². The molecule has 0 N–H and O–H groups in total. The molecule has 3 aromatic rings. The van der Waals surface area contributed by atoms with Crippen LogP contribution in [0.25, 0.3) is 10.1 Å². The van der Waals surface area contributed by atoms with Gasteiger partial charge in [0.2, 0.25) is 0 Å². The maximum absolute atomic E-state index is 3.68. The van der Waals surface area contributed by atoms with Crippen molar-refractivity contribution in [2.24, 2.45) is 0 Å². The Hall–Kier alpha value is -0.770. The summed E-state index contributed by atoms with van der Waals surface area (Å²) >= 11 is 7.50. The minimum Gasteiger partial charge on any atom is -0.144 e. The average Bonchev–Trinajstić information content (AvgIpc) is 3.05. The lowest BCUT2D eigenvalue weighted by atomic mass is 10.0. The molecule has 0 radical (unpaired) electrons. The van der Waals surface area contributed by atoms with Crippen molar-refractivity contribution in [1.82, 2.24) is 0 Å². The molecular weight excluding hydrogens is 336 g/mol. The van der Waals surface area contributed by atoms with Crippen molar-refractivity contribution in [2.45, 2.75) is 16.6 Å². The Kier molecular flexibility index (Phi) is 2.94. The average molecular weight is 347 g/mol. The maximum atomic E-state index is 3.68.